The Balaban J connectivity index is 4.33. The molecule has 0 N–H and O–H groups in total. The third-order valence-electron chi connectivity index (χ3n) is 1.74. The normalized spacial score (nSPS) is 12.2. The van der Waals surface area contributed by atoms with E-state index in [9.17, 15) is 8.39 Å². The zero-order valence-electron chi connectivity index (χ0n) is 8.06. The fourth-order valence-corrected chi connectivity index (χ4v) is 2.55. The first-order chi connectivity index (χ1) is 5.58. The molecule has 0 bridgehead atoms. The van der Waals surface area contributed by atoms with E-state index in [-0.39, 0.29) is 0 Å². The lowest BCUT2D eigenvalue weighted by Gasteiger charge is -2.21. The number of hydrogen-bond donors (Lipinski definition) is 0. The highest BCUT2D eigenvalue weighted by molar-refractivity contribution is 7.62. The molecule has 0 aromatic carbocycles. The summed E-state index contributed by atoms with van der Waals surface area (Å²) in [6.07, 6.45) is 1.33. The van der Waals surface area contributed by atoms with Gasteiger partial charge in [-0.25, -0.2) is 4.67 Å². The van der Waals surface area contributed by atoms with Gasteiger partial charge in [0, 0.05) is 13.1 Å². The summed E-state index contributed by atoms with van der Waals surface area (Å²) in [6, 6.07) is 0. The van der Waals surface area contributed by atoms with Crippen LogP contribution in [0.5, 0.6) is 0 Å². The van der Waals surface area contributed by atoms with Crippen LogP contribution in [0.25, 0.3) is 0 Å². The van der Waals surface area contributed by atoms with Gasteiger partial charge >= 0.3 is 0 Å². The molecular weight excluding hydrogens is 179 g/mol. The number of rotatable bonds is 5. The second-order valence-corrected chi connectivity index (χ2v) is 4.62. The Kier molecular flexibility index (Phi) is 5.77. The maximum Gasteiger partial charge on any atom is 0.275 e. The summed E-state index contributed by atoms with van der Waals surface area (Å²) in [5, 5.41) is 0. The van der Waals surface area contributed by atoms with Crippen molar-refractivity contribution in [2.75, 3.05) is 13.1 Å². The number of nitrogens with zero attached hydrogens (tertiary/aromatic N) is 1. The topological polar surface area (TPSA) is 3.24 Å². The molecule has 0 rings (SSSR count). The van der Waals surface area contributed by atoms with Crippen molar-refractivity contribution >= 4 is 13.5 Å². The van der Waals surface area contributed by atoms with Gasteiger partial charge in [0.2, 0.25) is 0 Å². The average molecular weight is 197 g/mol. The fraction of sp³-hybridized carbons (Fsp3) is 0.875. The molecule has 0 aromatic heterocycles. The van der Waals surface area contributed by atoms with Crippen LogP contribution >= 0.6 is 7.66 Å². The Labute approximate surface area is 74.0 Å². The summed E-state index contributed by atoms with van der Waals surface area (Å²) in [5.74, 6) is 1.21. The van der Waals surface area contributed by atoms with Gasteiger partial charge in [-0.2, -0.15) is 8.39 Å². The molecule has 0 aromatic rings. The standard InChI is InChI=1S/C8H18F2NP/c1-4-7-8-12(9,10)11(5-2)6-3/h8H,4-7H2,1-3H3. The molecule has 0 saturated heterocycles. The second kappa shape index (κ2) is 5.71. The minimum Gasteiger partial charge on any atom is -0.235 e. The van der Waals surface area contributed by atoms with Crippen molar-refractivity contribution < 1.29 is 8.39 Å². The summed E-state index contributed by atoms with van der Waals surface area (Å²) in [6.45, 7) is 6.35. The predicted octanol–water partition coefficient (Wildman–Crippen LogP) is 3.63. The first-order valence-corrected chi connectivity index (χ1v) is 6.05. The van der Waals surface area contributed by atoms with Crippen LogP contribution in [-0.4, -0.2) is 23.6 Å². The van der Waals surface area contributed by atoms with Crippen molar-refractivity contribution in [2.45, 2.75) is 33.6 Å². The Bertz CT molecular complexity index is 160. The third kappa shape index (κ3) is 3.68. The minimum absolute atomic E-state index is 0.442. The van der Waals surface area contributed by atoms with E-state index in [1.54, 1.807) is 13.8 Å². The van der Waals surface area contributed by atoms with Gasteiger partial charge in [-0.3, -0.25) is 0 Å². The number of hydrogen-bond acceptors (Lipinski definition) is 1. The molecule has 0 saturated carbocycles. The summed E-state index contributed by atoms with van der Waals surface area (Å²) in [4.78, 5) is 0. The SMILES string of the molecule is CCCC=P(F)(F)N(CC)CC. The molecule has 0 atom stereocenters. The van der Waals surface area contributed by atoms with Gasteiger partial charge in [-0.1, -0.05) is 27.2 Å². The zero-order chi connectivity index (χ0) is 9.61. The maximum absolute atomic E-state index is 13.3. The van der Waals surface area contributed by atoms with Crippen molar-refractivity contribution in [1.29, 1.82) is 0 Å². The minimum atomic E-state index is -3.86. The molecule has 0 radical (unpaired) electrons. The van der Waals surface area contributed by atoms with Gasteiger partial charge in [0.25, 0.3) is 7.66 Å². The Morgan fingerprint density at radius 3 is 2.00 bits per heavy atom. The molecule has 4 heteroatoms. The van der Waals surface area contributed by atoms with Crippen LogP contribution < -0.4 is 0 Å². The van der Waals surface area contributed by atoms with Crippen molar-refractivity contribution in [3.63, 3.8) is 0 Å². The van der Waals surface area contributed by atoms with Gasteiger partial charge < -0.3 is 0 Å². The molecule has 0 spiro atoms. The summed E-state index contributed by atoms with van der Waals surface area (Å²) in [7, 11) is -3.86. The van der Waals surface area contributed by atoms with Crippen LogP contribution in [0.2, 0.25) is 0 Å². The van der Waals surface area contributed by atoms with E-state index in [0.717, 1.165) is 6.42 Å². The van der Waals surface area contributed by atoms with Gasteiger partial charge in [0.05, 0.1) is 0 Å². The van der Waals surface area contributed by atoms with Crippen molar-refractivity contribution in [1.82, 2.24) is 4.67 Å². The largest absolute Gasteiger partial charge is 0.275 e. The lowest BCUT2D eigenvalue weighted by molar-refractivity contribution is 0.444. The Morgan fingerprint density at radius 2 is 1.67 bits per heavy atom. The van der Waals surface area contributed by atoms with Gasteiger partial charge in [-0.15, -0.1) is 0 Å². The molecule has 0 aliphatic carbocycles. The molecule has 0 aliphatic rings. The average Bonchev–Trinajstić information content (AvgIpc) is 2.03. The van der Waals surface area contributed by atoms with E-state index in [1.165, 1.54) is 10.5 Å². The molecule has 0 fully saturated rings. The molecule has 74 valence electrons. The van der Waals surface area contributed by atoms with Crippen molar-refractivity contribution in [3.05, 3.63) is 0 Å². The Morgan fingerprint density at radius 1 is 1.17 bits per heavy atom. The smallest absolute Gasteiger partial charge is 0.235 e. The number of halogens is 2. The fourth-order valence-electron chi connectivity index (χ4n) is 1.00. The Hall–Kier alpha value is 0.120. The summed E-state index contributed by atoms with van der Waals surface area (Å²) in [5.41, 5.74) is 0. The summed E-state index contributed by atoms with van der Waals surface area (Å²) >= 11 is 0. The first-order valence-electron chi connectivity index (χ1n) is 4.46. The van der Waals surface area contributed by atoms with Gasteiger partial charge in [-0.05, 0) is 12.2 Å². The predicted molar refractivity (Wildman–Crippen MR) is 53.0 cm³/mol. The van der Waals surface area contributed by atoms with Crippen LogP contribution in [0.3, 0.4) is 0 Å². The third-order valence-corrected chi connectivity index (χ3v) is 3.76. The molecule has 1 nitrogen and oxygen atoms in total. The van der Waals surface area contributed by atoms with Crippen LogP contribution in [-0.2, 0) is 0 Å². The van der Waals surface area contributed by atoms with E-state index in [1.807, 2.05) is 6.92 Å². The molecule has 0 aliphatic heterocycles. The van der Waals surface area contributed by atoms with E-state index >= 15 is 0 Å². The highest BCUT2D eigenvalue weighted by Gasteiger charge is 2.20. The molecule has 0 unspecified atom stereocenters. The molecular formula is C8H18F2NP. The lowest BCUT2D eigenvalue weighted by Crippen LogP contribution is -2.16. The molecule has 0 amide bonds. The van der Waals surface area contributed by atoms with Crippen molar-refractivity contribution in [2.24, 2.45) is 0 Å². The van der Waals surface area contributed by atoms with E-state index in [4.69, 9.17) is 0 Å². The lowest BCUT2D eigenvalue weighted by atomic mass is 10.4. The van der Waals surface area contributed by atoms with Gasteiger partial charge in [0.1, 0.15) is 0 Å². The van der Waals surface area contributed by atoms with Crippen LogP contribution in [0.1, 0.15) is 33.6 Å². The van der Waals surface area contributed by atoms with Crippen molar-refractivity contribution in [3.8, 4) is 0 Å². The monoisotopic (exact) mass is 197 g/mol. The van der Waals surface area contributed by atoms with Gasteiger partial charge in [0.15, 0.2) is 0 Å². The summed E-state index contributed by atoms with van der Waals surface area (Å²) < 4.78 is 27.8. The van der Waals surface area contributed by atoms with E-state index in [0.29, 0.717) is 19.5 Å². The highest BCUT2D eigenvalue weighted by Crippen LogP contribution is 2.54. The quantitative estimate of drug-likeness (QED) is 0.608. The first kappa shape index (κ1) is 12.1. The molecule has 0 heterocycles. The highest BCUT2D eigenvalue weighted by atomic mass is 31.2. The van der Waals surface area contributed by atoms with E-state index in [2.05, 4.69) is 0 Å². The number of unbranched alkanes of at least 4 members (excludes halogenated alkanes) is 1. The van der Waals surface area contributed by atoms with E-state index < -0.39 is 7.66 Å². The van der Waals surface area contributed by atoms with Crippen LogP contribution in [0.15, 0.2) is 0 Å². The van der Waals surface area contributed by atoms with Crippen LogP contribution in [0.4, 0.5) is 8.39 Å². The zero-order valence-corrected chi connectivity index (χ0v) is 8.95. The second-order valence-electron chi connectivity index (χ2n) is 2.64. The maximum atomic E-state index is 13.3. The molecule has 12 heavy (non-hydrogen) atoms. The van der Waals surface area contributed by atoms with Crippen LogP contribution in [0, 0.1) is 0 Å².